The molecule has 0 radical (unpaired) electrons. The molecular weight excluding hydrogens is 460 g/mol. The van der Waals surface area contributed by atoms with E-state index in [1.165, 1.54) is 11.1 Å². The van der Waals surface area contributed by atoms with Crippen molar-refractivity contribution in [1.29, 1.82) is 0 Å². The van der Waals surface area contributed by atoms with Gasteiger partial charge in [0.2, 0.25) is 0 Å². The minimum absolute atomic E-state index is 0.196. The molecule has 2 aromatic carbocycles. The molecule has 160 valence electrons. The molecule has 2 aromatic rings. The Bertz CT molecular complexity index is 887. The van der Waals surface area contributed by atoms with Gasteiger partial charge in [0.15, 0.2) is 0 Å². The van der Waals surface area contributed by atoms with Crippen molar-refractivity contribution in [2.45, 2.75) is 46.8 Å². The second kappa shape index (κ2) is 9.57. The molecule has 0 aliphatic heterocycles. The first-order chi connectivity index (χ1) is 15.0. The Morgan fingerprint density at radius 2 is 0.871 bits per heavy atom. The van der Waals surface area contributed by atoms with Gasteiger partial charge in [-0.15, -0.1) is 0 Å². The number of hydrogen-bond acceptors (Lipinski definition) is 2. The average molecular weight is 492 g/mol. The third kappa shape index (κ3) is 4.88. The molecule has 0 amide bonds. The Hall–Kier alpha value is -2.12. The molecule has 0 N–H and O–H groups in total. The van der Waals surface area contributed by atoms with E-state index in [1.807, 2.05) is 0 Å². The molecular formula is C28H32O2Zr. The Morgan fingerprint density at radius 3 is 1.16 bits per heavy atom. The summed E-state index contributed by atoms with van der Waals surface area (Å²) in [6.07, 6.45) is 17.5. The SMILES string of the molecule is CC(C)c1ccc([O][Zr]([O]c2ccc(C(C)C)cc2)([CH]2C=CC=C2)[CH]2C=CC=C2)cc1. The van der Waals surface area contributed by atoms with Crippen LogP contribution in [0.1, 0.15) is 50.7 Å². The van der Waals surface area contributed by atoms with Gasteiger partial charge in [-0.25, -0.2) is 0 Å². The van der Waals surface area contributed by atoms with Crippen LogP contribution in [0.2, 0.25) is 7.25 Å². The molecule has 0 aromatic heterocycles. The molecule has 31 heavy (non-hydrogen) atoms. The number of rotatable bonds is 8. The quantitative estimate of drug-likeness (QED) is 0.370. The Kier molecular flexibility index (Phi) is 6.82. The van der Waals surface area contributed by atoms with Crippen molar-refractivity contribution in [2.24, 2.45) is 0 Å². The van der Waals surface area contributed by atoms with Crippen molar-refractivity contribution in [3.63, 3.8) is 0 Å². The zero-order valence-electron chi connectivity index (χ0n) is 18.9. The molecule has 0 spiro atoms. The monoisotopic (exact) mass is 490 g/mol. The van der Waals surface area contributed by atoms with Gasteiger partial charge >= 0.3 is 193 Å². The van der Waals surface area contributed by atoms with Crippen molar-refractivity contribution in [1.82, 2.24) is 0 Å². The molecule has 0 saturated heterocycles. The van der Waals surface area contributed by atoms with Gasteiger partial charge in [0, 0.05) is 0 Å². The zero-order chi connectivity index (χ0) is 21.8. The third-order valence-corrected chi connectivity index (χ3v) is 15.3. The van der Waals surface area contributed by atoms with Gasteiger partial charge in [-0.2, -0.15) is 0 Å². The van der Waals surface area contributed by atoms with Crippen molar-refractivity contribution >= 4 is 0 Å². The summed E-state index contributed by atoms with van der Waals surface area (Å²) in [7, 11) is 0. The Morgan fingerprint density at radius 1 is 0.548 bits per heavy atom. The van der Waals surface area contributed by atoms with Crippen molar-refractivity contribution in [3.8, 4) is 11.5 Å². The Balaban J connectivity index is 1.72. The summed E-state index contributed by atoms with van der Waals surface area (Å²) in [4.78, 5) is 0. The topological polar surface area (TPSA) is 18.5 Å². The maximum atomic E-state index is 6.97. The zero-order valence-corrected chi connectivity index (χ0v) is 21.3. The van der Waals surface area contributed by atoms with Crippen LogP contribution in [-0.2, 0) is 21.1 Å². The molecule has 2 aliphatic rings. The molecule has 0 atom stereocenters. The molecule has 0 unspecified atom stereocenters. The molecule has 2 nitrogen and oxygen atoms in total. The van der Waals surface area contributed by atoms with Gasteiger partial charge in [0.25, 0.3) is 0 Å². The predicted molar refractivity (Wildman–Crippen MR) is 126 cm³/mol. The summed E-state index contributed by atoms with van der Waals surface area (Å²) in [6, 6.07) is 17.1. The van der Waals surface area contributed by atoms with Crippen LogP contribution < -0.4 is 5.63 Å². The van der Waals surface area contributed by atoms with E-state index in [2.05, 4.69) is 125 Å². The van der Waals surface area contributed by atoms with Crippen LogP contribution in [-0.4, -0.2) is 0 Å². The molecule has 0 saturated carbocycles. The molecule has 3 heteroatoms. The van der Waals surface area contributed by atoms with Crippen LogP contribution >= 0.6 is 0 Å². The van der Waals surface area contributed by atoms with Crippen LogP contribution in [0.5, 0.6) is 11.5 Å². The fraction of sp³-hybridized carbons (Fsp3) is 0.286. The molecule has 2 aliphatic carbocycles. The van der Waals surface area contributed by atoms with E-state index in [-0.39, 0.29) is 7.25 Å². The number of hydrogen-bond donors (Lipinski definition) is 0. The summed E-state index contributed by atoms with van der Waals surface area (Å²) >= 11 is -3.84. The predicted octanol–water partition coefficient (Wildman–Crippen LogP) is 8.20. The summed E-state index contributed by atoms with van der Waals surface area (Å²) < 4.78 is 14.3. The summed E-state index contributed by atoms with van der Waals surface area (Å²) in [6.45, 7) is 8.86. The van der Waals surface area contributed by atoms with Gasteiger partial charge in [-0.3, -0.25) is 0 Å². The summed E-state index contributed by atoms with van der Waals surface area (Å²) in [5.41, 5.74) is 2.64. The van der Waals surface area contributed by atoms with Gasteiger partial charge in [0.1, 0.15) is 0 Å². The minimum atomic E-state index is -3.84. The number of benzene rings is 2. The number of allylic oxidation sites excluding steroid dienone is 8. The van der Waals surface area contributed by atoms with Crippen molar-refractivity contribution < 1.29 is 26.8 Å². The first-order valence-corrected chi connectivity index (χ1v) is 16.1. The van der Waals surface area contributed by atoms with Gasteiger partial charge in [-0.05, 0) is 0 Å². The maximum absolute atomic E-state index is 6.97. The van der Waals surface area contributed by atoms with Crippen molar-refractivity contribution in [3.05, 3.63) is 108 Å². The standard InChI is InChI=1S/2C9H12O.2C5H5.Zr/c2*1-7(2)8-3-5-9(10)6-4-8;2*1-2-4-5-3-1;/h2*3-7,10H,1-2H3;2*1-5H;/q;;;;+2/p-2. The van der Waals surface area contributed by atoms with Crippen LogP contribution in [0.4, 0.5) is 0 Å². The van der Waals surface area contributed by atoms with Crippen LogP contribution in [0.3, 0.4) is 0 Å². The molecule has 0 bridgehead atoms. The normalized spacial score (nSPS) is 16.2. The molecule has 4 rings (SSSR count). The van der Waals surface area contributed by atoms with E-state index in [0.717, 1.165) is 11.5 Å². The molecule has 0 heterocycles. The van der Waals surface area contributed by atoms with Crippen LogP contribution in [0.25, 0.3) is 0 Å². The average Bonchev–Trinajstić information content (AvgIpc) is 3.49. The Labute approximate surface area is 192 Å². The second-order valence-electron chi connectivity index (χ2n) is 8.96. The van der Waals surface area contributed by atoms with E-state index >= 15 is 0 Å². The fourth-order valence-corrected chi connectivity index (χ4v) is 12.9. The second-order valence-corrected chi connectivity index (χ2v) is 16.8. The fourth-order valence-electron chi connectivity index (χ4n) is 4.13. The van der Waals surface area contributed by atoms with E-state index in [4.69, 9.17) is 5.63 Å². The van der Waals surface area contributed by atoms with Gasteiger partial charge in [0.05, 0.1) is 0 Å². The van der Waals surface area contributed by atoms with Gasteiger partial charge in [-0.1, -0.05) is 0 Å². The van der Waals surface area contributed by atoms with E-state index in [9.17, 15) is 0 Å². The van der Waals surface area contributed by atoms with Gasteiger partial charge < -0.3 is 0 Å². The first kappa shape index (κ1) is 22.1. The van der Waals surface area contributed by atoms with Crippen LogP contribution in [0, 0.1) is 0 Å². The third-order valence-electron chi connectivity index (χ3n) is 6.07. The summed E-state index contributed by atoms with van der Waals surface area (Å²) in [5, 5.41) is 0. The molecule has 0 fully saturated rings. The first-order valence-electron chi connectivity index (χ1n) is 11.3. The van der Waals surface area contributed by atoms with Crippen LogP contribution in [0.15, 0.2) is 97.1 Å². The van der Waals surface area contributed by atoms with E-state index in [0.29, 0.717) is 11.8 Å². The van der Waals surface area contributed by atoms with Crippen molar-refractivity contribution in [2.75, 3.05) is 0 Å². The summed E-state index contributed by atoms with van der Waals surface area (Å²) in [5.74, 6) is 2.81. The van der Waals surface area contributed by atoms with E-state index < -0.39 is 21.1 Å². The van der Waals surface area contributed by atoms with E-state index in [1.54, 1.807) is 0 Å².